The molecule has 1 saturated heterocycles. The van der Waals surface area contributed by atoms with Crippen LogP contribution in [0.4, 0.5) is 4.79 Å². The van der Waals surface area contributed by atoms with Crippen LogP contribution in [0, 0.1) is 0 Å². The van der Waals surface area contributed by atoms with Gasteiger partial charge in [0.15, 0.2) is 0 Å². The first-order valence-electron chi connectivity index (χ1n) is 8.50. The Balaban J connectivity index is 2.03. The Bertz CT molecular complexity index is 587. The third kappa shape index (κ3) is 5.23. The van der Waals surface area contributed by atoms with Crippen LogP contribution < -0.4 is 0 Å². The van der Waals surface area contributed by atoms with E-state index in [1.165, 1.54) is 11.1 Å². The third-order valence-electron chi connectivity index (χ3n) is 4.23. The zero-order chi connectivity index (χ0) is 17.7. The van der Waals surface area contributed by atoms with Crippen molar-refractivity contribution in [1.82, 2.24) is 4.90 Å². The Labute approximate surface area is 149 Å². The number of carbonyl (C=O) groups excluding carboxylic acids is 2. The van der Waals surface area contributed by atoms with Crippen LogP contribution >= 0.6 is 11.6 Å². The van der Waals surface area contributed by atoms with Crippen molar-refractivity contribution in [3.8, 4) is 0 Å². The normalized spacial score (nSPS) is 16.1. The predicted octanol–water partition coefficient (Wildman–Crippen LogP) is 4.59. The molecule has 1 aromatic rings. The van der Waals surface area contributed by atoms with E-state index in [4.69, 9.17) is 16.3 Å². The molecule has 1 aliphatic heterocycles. The number of aldehydes is 1. The van der Waals surface area contributed by atoms with Crippen molar-refractivity contribution in [3.63, 3.8) is 0 Å². The number of halogens is 1. The van der Waals surface area contributed by atoms with Gasteiger partial charge in [0.25, 0.3) is 0 Å². The molecule has 1 amide bonds. The topological polar surface area (TPSA) is 46.6 Å². The summed E-state index contributed by atoms with van der Waals surface area (Å²) >= 11 is 6.17. The van der Waals surface area contributed by atoms with Crippen LogP contribution in [0.3, 0.4) is 0 Å². The molecule has 0 bridgehead atoms. The van der Waals surface area contributed by atoms with E-state index in [-0.39, 0.29) is 6.09 Å². The standard InChI is InChI=1S/C19H26ClNO3/c1-19(2,3)24-18(23)21-10-8-15(9-11-21)17-13-16(20)7-6-14(17)5-4-12-22/h6-7,12-13,15H,4-5,8-11H2,1-3H3. The third-order valence-corrected chi connectivity index (χ3v) is 4.46. The largest absolute Gasteiger partial charge is 0.444 e. The van der Waals surface area contributed by atoms with Crippen LogP contribution in [0.15, 0.2) is 18.2 Å². The summed E-state index contributed by atoms with van der Waals surface area (Å²) in [4.78, 5) is 24.6. The Morgan fingerprint density at radius 2 is 2.00 bits per heavy atom. The molecule has 0 radical (unpaired) electrons. The van der Waals surface area contributed by atoms with Gasteiger partial charge in [0, 0.05) is 24.5 Å². The van der Waals surface area contributed by atoms with Gasteiger partial charge in [0.05, 0.1) is 0 Å². The van der Waals surface area contributed by atoms with Crippen molar-refractivity contribution in [2.45, 2.75) is 58.0 Å². The number of rotatable bonds is 4. The van der Waals surface area contributed by atoms with Gasteiger partial charge in [-0.15, -0.1) is 0 Å². The van der Waals surface area contributed by atoms with Crippen molar-refractivity contribution in [2.75, 3.05) is 13.1 Å². The summed E-state index contributed by atoms with van der Waals surface area (Å²) < 4.78 is 5.44. The second kappa shape index (κ2) is 8.02. The SMILES string of the molecule is CC(C)(C)OC(=O)N1CCC(c2cc(Cl)ccc2CCC=O)CC1. The number of piperidine rings is 1. The number of carbonyl (C=O) groups is 2. The highest BCUT2D eigenvalue weighted by Gasteiger charge is 2.28. The summed E-state index contributed by atoms with van der Waals surface area (Å²) in [5.74, 6) is 0.365. The number of nitrogens with zero attached hydrogens (tertiary/aromatic N) is 1. The molecule has 1 aromatic carbocycles. The highest BCUT2D eigenvalue weighted by atomic mass is 35.5. The van der Waals surface area contributed by atoms with E-state index < -0.39 is 5.60 Å². The van der Waals surface area contributed by atoms with Crippen LogP contribution in [-0.2, 0) is 16.0 Å². The maximum Gasteiger partial charge on any atom is 0.410 e. The summed E-state index contributed by atoms with van der Waals surface area (Å²) in [5.41, 5.74) is 1.93. The van der Waals surface area contributed by atoms with Gasteiger partial charge in [0.1, 0.15) is 11.9 Å². The van der Waals surface area contributed by atoms with Crippen molar-refractivity contribution in [1.29, 1.82) is 0 Å². The molecule has 0 atom stereocenters. The number of hydrogen-bond acceptors (Lipinski definition) is 3. The van der Waals surface area contributed by atoms with Gasteiger partial charge in [0.2, 0.25) is 0 Å². The van der Waals surface area contributed by atoms with E-state index in [0.717, 1.165) is 30.6 Å². The quantitative estimate of drug-likeness (QED) is 0.745. The monoisotopic (exact) mass is 351 g/mol. The zero-order valence-corrected chi connectivity index (χ0v) is 15.4. The molecule has 0 aliphatic carbocycles. The van der Waals surface area contributed by atoms with Crippen LogP contribution in [0.25, 0.3) is 0 Å². The molecule has 132 valence electrons. The number of benzene rings is 1. The van der Waals surface area contributed by atoms with E-state index in [2.05, 4.69) is 0 Å². The molecule has 0 spiro atoms. The van der Waals surface area contributed by atoms with Crippen LogP contribution in [-0.4, -0.2) is 36.0 Å². The van der Waals surface area contributed by atoms with Crippen LogP contribution in [0.2, 0.25) is 5.02 Å². The lowest BCUT2D eigenvalue weighted by Gasteiger charge is -2.34. The van der Waals surface area contributed by atoms with Gasteiger partial charge >= 0.3 is 6.09 Å². The Hall–Kier alpha value is -1.55. The molecule has 1 aliphatic rings. The maximum atomic E-state index is 12.2. The highest BCUT2D eigenvalue weighted by Crippen LogP contribution is 2.33. The van der Waals surface area contributed by atoms with Crippen molar-refractivity contribution in [3.05, 3.63) is 34.3 Å². The number of amides is 1. The van der Waals surface area contributed by atoms with Gasteiger partial charge in [-0.3, -0.25) is 0 Å². The predicted molar refractivity (Wildman–Crippen MR) is 95.6 cm³/mol. The molecule has 4 nitrogen and oxygen atoms in total. The lowest BCUT2D eigenvalue weighted by atomic mass is 9.85. The lowest BCUT2D eigenvalue weighted by Crippen LogP contribution is -2.41. The summed E-state index contributed by atoms with van der Waals surface area (Å²) in [6.07, 6.45) is 3.73. The number of ether oxygens (including phenoxy) is 1. The van der Waals surface area contributed by atoms with Crippen molar-refractivity contribution >= 4 is 24.0 Å². The minimum atomic E-state index is -0.469. The molecular weight excluding hydrogens is 326 g/mol. The second-order valence-electron chi connectivity index (χ2n) is 7.29. The molecule has 0 N–H and O–H groups in total. The van der Waals surface area contributed by atoms with Crippen molar-refractivity contribution in [2.24, 2.45) is 0 Å². The average Bonchev–Trinajstić information content (AvgIpc) is 2.52. The molecule has 1 heterocycles. The van der Waals surface area contributed by atoms with Crippen molar-refractivity contribution < 1.29 is 14.3 Å². The summed E-state index contributed by atoms with van der Waals surface area (Å²) in [5, 5.41) is 0.717. The van der Waals surface area contributed by atoms with E-state index in [1.54, 1.807) is 4.90 Å². The number of hydrogen-bond donors (Lipinski definition) is 0. The number of aryl methyl sites for hydroxylation is 1. The zero-order valence-electron chi connectivity index (χ0n) is 14.7. The van der Waals surface area contributed by atoms with Crippen LogP contribution in [0.1, 0.15) is 57.1 Å². The molecular formula is C19H26ClNO3. The fraction of sp³-hybridized carbons (Fsp3) is 0.579. The molecule has 1 fully saturated rings. The van der Waals surface area contributed by atoms with E-state index in [0.29, 0.717) is 25.4 Å². The lowest BCUT2D eigenvalue weighted by molar-refractivity contribution is -0.107. The summed E-state index contributed by atoms with van der Waals surface area (Å²) in [6.45, 7) is 6.99. The van der Waals surface area contributed by atoms with E-state index in [1.807, 2.05) is 39.0 Å². The summed E-state index contributed by atoms with van der Waals surface area (Å²) in [6, 6.07) is 5.90. The fourth-order valence-corrected chi connectivity index (χ4v) is 3.27. The Morgan fingerprint density at radius 1 is 1.33 bits per heavy atom. The van der Waals surface area contributed by atoms with E-state index in [9.17, 15) is 9.59 Å². The van der Waals surface area contributed by atoms with Crippen LogP contribution in [0.5, 0.6) is 0 Å². The Morgan fingerprint density at radius 3 is 2.58 bits per heavy atom. The minimum Gasteiger partial charge on any atom is -0.444 e. The first kappa shape index (κ1) is 18.8. The molecule has 5 heteroatoms. The molecule has 2 rings (SSSR count). The highest BCUT2D eigenvalue weighted by molar-refractivity contribution is 6.30. The molecule has 0 unspecified atom stereocenters. The van der Waals surface area contributed by atoms with Gasteiger partial charge < -0.3 is 14.4 Å². The first-order valence-corrected chi connectivity index (χ1v) is 8.88. The van der Waals surface area contributed by atoms with Gasteiger partial charge in [-0.05, 0) is 69.2 Å². The molecule has 0 aromatic heterocycles. The minimum absolute atomic E-state index is 0.242. The molecule has 0 saturated carbocycles. The molecule has 24 heavy (non-hydrogen) atoms. The second-order valence-corrected chi connectivity index (χ2v) is 7.73. The average molecular weight is 352 g/mol. The number of likely N-dealkylation sites (tertiary alicyclic amines) is 1. The van der Waals surface area contributed by atoms with Gasteiger partial charge in [-0.25, -0.2) is 4.79 Å². The fourth-order valence-electron chi connectivity index (χ4n) is 3.09. The summed E-state index contributed by atoms with van der Waals surface area (Å²) in [7, 11) is 0. The smallest absolute Gasteiger partial charge is 0.410 e. The van der Waals surface area contributed by atoms with E-state index >= 15 is 0 Å². The first-order chi connectivity index (χ1) is 11.3. The Kier molecular flexibility index (Phi) is 6.27. The van der Waals surface area contributed by atoms with Gasteiger partial charge in [-0.1, -0.05) is 17.7 Å². The maximum absolute atomic E-state index is 12.2. The van der Waals surface area contributed by atoms with Gasteiger partial charge in [-0.2, -0.15) is 0 Å².